The van der Waals surface area contributed by atoms with E-state index < -0.39 is 0 Å². The molecule has 1 amide bonds. The van der Waals surface area contributed by atoms with Gasteiger partial charge in [-0.25, -0.2) is 4.39 Å². The molecule has 1 aromatic carbocycles. The summed E-state index contributed by atoms with van der Waals surface area (Å²) in [7, 11) is 0. The van der Waals surface area contributed by atoms with E-state index in [-0.39, 0.29) is 11.7 Å². The molecule has 1 fully saturated rings. The fourth-order valence-electron chi connectivity index (χ4n) is 2.28. The Morgan fingerprint density at radius 3 is 2.60 bits per heavy atom. The van der Waals surface area contributed by atoms with Crippen molar-refractivity contribution in [3.05, 3.63) is 30.1 Å². The summed E-state index contributed by atoms with van der Waals surface area (Å²) in [5, 5.41) is 0. The van der Waals surface area contributed by atoms with Crippen molar-refractivity contribution in [2.75, 3.05) is 38.5 Å². The fourth-order valence-corrected chi connectivity index (χ4v) is 3.16. The lowest BCUT2D eigenvalue weighted by Gasteiger charge is -2.34. The number of benzene rings is 1. The first-order valence-electron chi connectivity index (χ1n) is 7.08. The van der Waals surface area contributed by atoms with E-state index in [9.17, 15) is 9.18 Å². The van der Waals surface area contributed by atoms with Crippen LogP contribution in [0.4, 0.5) is 4.39 Å². The average molecular weight is 296 g/mol. The van der Waals surface area contributed by atoms with Crippen LogP contribution in [0.2, 0.25) is 0 Å². The van der Waals surface area contributed by atoms with Gasteiger partial charge in [-0.1, -0.05) is 19.1 Å². The highest BCUT2D eigenvalue weighted by atomic mass is 32.2. The van der Waals surface area contributed by atoms with Crippen LogP contribution in [0, 0.1) is 5.82 Å². The molecule has 1 heterocycles. The molecule has 0 unspecified atom stereocenters. The van der Waals surface area contributed by atoms with Crippen LogP contribution in [0.1, 0.15) is 13.3 Å². The lowest BCUT2D eigenvalue weighted by molar-refractivity contribution is -0.132. The molecule has 0 aliphatic carbocycles. The number of nitrogens with zero attached hydrogens (tertiary/aromatic N) is 2. The molecule has 0 bridgehead atoms. The molecular formula is C15H21FN2OS. The second-order valence-corrected chi connectivity index (χ2v) is 5.98. The van der Waals surface area contributed by atoms with Gasteiger partial charge in [-0.3, -0.25) is 4.79 Å². The van der Waals surface area contributed by atoms with Gasteiger partial charge < -0.3 is 9.80 Å². The highest BCUT2D eigenvalue weighted by molar-refractivity contribution is 7.99. The molecule has 0 atom stereocenters. The maximum Gasteiger partial charge on any atom is 0.223 e. The van der Waals surface area contributed by atoms with E-state index >= 15 is 0 Å². The third-order valence-electron chi connectivity index (χ3n) is 3.58. The number of carbonyl (C=O) groups excluding carboxylic acids is 1. The van der Waals surface area contributed by atoms with Crippen LogP contribution in [-0.4, -0.2) is 54.2 Å². The van der Waals surface area contributed by atoms with Crippen LogP contribution in [0.15, 0.2) is 29.2 Å². The van der Waals surface area contributed by atoms with Crippen LogP contribution < -0.4 is 0 Å². The van der Waals surface area contributed by atoms with Crippen LogP contribution in [0.25, 0.3) is 0 Å². The van der Waals surface area contributed by atoms with Gasteiger partial charge in [0.1, 0.15) is 5.82 Å². The van der Waals surface area contributed by atoms with E-state index in [0.717, 1.165) is 32.7 Å². The zero-order chi connectivity index (χ0) is 14.4. The second kappa shape index (κ2) is 7.64. The largest absolute Gasteiger partial charge is 0.340 e. The minimum absolute atomic E-state index is 0.185. The van der Waals surface area contributed by atoms with Gasteiger partial charge in [-0.2, -0.15) is 0 Å². The Hall–Kier alpha value is -1.07. The molecule has 110 valence electrons. The first-order chi connectivity index (χ1) is 9.70. The summed E-state index contributed by atoms with van der Waals surface area (Å²) < 4.78 is 13.4. The van der Waals surface area contributed by atoms with Crippen LogP contribution in [0.3, 0.4) is 0 Å². The number of hydrogen-bond acceptors (Lipinski definition) is 3. The van der Waals surface area contributed by atoms with Gasteiger partial charge in [0.2, 0.25) is 5.91 Å². The maximum atomic E-state index is 13.4. The van der Waals surface area contributed by atoms with Crippen LogP contribution in [-0.2, 0) is 4.79 Å². The van der Waals surface area contributed by atoms with E-state index in [1.807, 2.05) is 11.0 Å². The van der Waals surface area contributed by atoms with Crippen molar-refractivity contribution >= 4 is 17.7 Å². The van der Waals surface area contributed by atoms with Crippen molar-refractivity contribution in [1.29, 1.82) is 0 Å². The fraction of sp³-hybridized carbons (Fsp3) is 0.533. The van der Waals surface area contributed by atoms with Gasteiger partial charge in [-0.15, -0.1) is 11.8 Å². The highest BCUT2D eigenvalue weighted by Gasteiger charge is 2.19. The van der Waals surface area contributed by atoms with Gasteiger partial charge in [0.15, 0.2) is 0 Å². The number of carbonyl (C=O) groups is 1. The lowest BCUT2D eigenvalue weighted by atomic mass is 10.3. The summed E-state index contributed by atoms with van der Waals surface area (Å²) in [6.45, 7) is 6.74. The molecule has 0 saturated carbocycles. The van der Waals surface area contributed by atoms with Crippen molar-refractivity contribution in [2.45, 2.75) is 18.2 Å². The lowest BCUT2D eigenvalue weighted by Crippen LogP contribution is -2.48. The van der Waals surface area contributed by atoms with Gasteiger partial charge in [-0.05, 0) is 18.7 Å². The topological polar surface area (TPSA) is 23.6 Å². The average Bonchev–Trinajstić information content (AvgIpc) is 2.49. The van der Waals surface area contributed by atoms with Crippen LogP contribution >= 0.6 is 11.8 Å². The SMILES string of the molecule is CCN1CCN(C(=O)CCSc2ccccc2F)CC1. The van der Waals surface area contributed by atoms with Gasteiger partial charge >= 0.3 is 0 Å². The number of hydrogen-bond donors (Lipinski definition) is 0. The number of thioether (sulfide) groups is 1. The Labute approximate surface area is 124 Å². The molecule has 1 aliphatic rings. The summed E-state index contributed by atoms with van der Waals surface area (Å²) in [6.07, 6.45) is 0.477. The quantitative estimate of drug-likeness (QED) is 0.780. The molecule has 20 heavy (non-hydrogen) atoms. The standard InChI is InChI=1S/C15H21FN2OS/c1-2-17-8-10-18(11-9-17)15(19)7-12-20-14-6-4-3-5-13(14)16/h3-6H,2,7-12H2,1H3. The van der Waals surface area contributed by atoms with E-state index in [1.54, 1.807) is 12.1 Å². The predicted molar refractivity (Wildman–Crippen MR) is 80.4 cm³/mol. The number of piperazine rings is 1. The monoisotopic (exact) mass is 296 g/mol. The number of amides is 1. The molecule has 5 heteroatoms. The molecule has 0 N–H and O–H groups in total. The first kappa shape index (κ1) is 15.3. The minimum Gasteiger partial charge on any atom is -0.340 e. The molecule has 1 saturated heterocycles. The summed E-state index contributed by atoms with van der Waals surface area (Å²) in [5.74, 6) is 0.611. The van der Waals surface area contributed by atoms with Crippen molar-refractivity contribution < 1.29 is 9.18 Å². The van der Waals surface area contributed by atoms with Gasteiger partial charge in [0.25, 0.3) is 0 Å². The third kappa shape index (κ3) is 4.21. The van der Waals surface area contributed by atoms with E-state index in [1.165, 1.54) is 17.8 Å². The number of likely N-dealkylation sites (N-methyl/N-ethyl adjacent to an activating group) is 1. The summed E-state index contributed by atoms with van der Waals surface area (Å²) >= 11 is 1.41. The van der Waals surface area contributed by atoms with Gasteiger partial charge in [0.05, 0.1) is 0 Å². The molecule has 1 aliphatic heterocycles. The molecule has 1 aromatic rings. The third-order valence-corrected chi connectivity index (χ3v) is 4.63. The maximum absolute atomic E-state index is 13.4. The minimum atomic E-state index is -0.207. The highest BCUT2D eigenvalue weighted by Crippen LogP contribution is 2.22. The Bertz CT molecular complexity index is 447. The zero-order valence-corrected chi connectivity index (χ0v) is 12.7. The van der Waals surface area contributed by atoms with Crippen molar-refractivity contribution in [3.63, 3.8) is 0 Å². The molecule has 3 nitrogen and oxygen atoms in total. The number of halogens is 1. The summed E-state index contributed by atoms with van der Waals surface area (Å²) in [5.41, 5.74) is 0. The van der Waals surface area contributed by atoms with E-state index in [2.05, 4.69) is 11.8 Å². The predicted octanol–water partition coefficient (Wildman–Crippen LogP) is 2.47. The second-order valence-electron chi connectivity index (χ2n) is 4.84. The van der Waals surface area contributed by atoms with Gasteiger partial charge in [0, 0.05) is 43.2 Å². The summed E-state index contributed by atoms with van der Waals surface area (Å²) in [6, 6.07) is 6.70. The summed E-state index contributed by atoms with van der Waals surface area (Å²) in [4.78, 5) is 17.0. The molecule has 0 radical (unpaired) electrons. The molecule has 2 rings (SSSR count). The van der Waals surface area contributed by atoms with Crippen molar-refractivity contribution in [1.82, 2.24) is 9.80 Å². The molecule has 0 aromatic heterocycles. The first-order valence-corrected chi connectivity index (χ1v) is 8.06. The number of rotatable bonds is 5. The zero-order valence-electron chi connectivity index (χ0n) is 11.8. The molecular weight excluding hydrogens is 275 g/mol. The Morgan fingerprint density at radius 2 is 1.95 bits per heavy atom. The van der Waals surface area contributed by atoms with E-state index in [0.29, 0.717) is 17.1 Å². The van der Waals surface area contributed by atoms with E-state index in [4.69, 9.17) is 0 Å². The molecule has 0 spiro atoms. The van der Waals surface area contributed by atoms with Crippen LogP contribution in [0.5, 0.6) is 0 Å². The Balaban J connectivity index is 1.72. The smallest absolute Gasteiger partial charge is 0.223 e. The Kier molecular flexibility index (Phi) is 5.86. The van der Waals surface area contributed by atoms with Crippen molar-refractivity contribution in [3.8, 4) is 0 Å². The normalized spacial score (nSPS) is 16.4. The van der Waals surface area contributed by atoms with Crippen molar-refractivity contribution in [2.24, 2.45) is 0 Å². The Morgan fingerprint density at radius 1 is 1.25 bits per heavy atom.